The van der Waals surface area contributed by atoms with Crippen LogP contribution in [0.3, 0.4) is 0 Å². The van der Waals surface area contributed by atoms with Crippen molar-refractivity contribution in [3.8, 4) is 0 Å². The average molecular weight is 349 g/mol. The highest BCUT2D eigenvalue weighted by molar-refractivity contribution is 5.96. The van der Waals surface area contributed by atoms with Crippen LogP contribution in [0.1, 0.15) is 26.3 Å². The van der Waals surface area contributed by atoms with E-state index in [4.69, 9.17) is 0 Å². The minimum atomic E-state index is -0.692. The Balaban J connectivity index is 2.49. The fourth-order valence-electron chi connectivity index (χ4n) is 2.05. The summed E-state index contributed by atoms with van der Waals surface area (Å²) < 4.78 is 4.63. The monoisotopic (exact) mass is 349 g/mol. The SMILES string of the molecule is CC(=O)NC(C(=O)NCC(=O)Nc1ccc(COC=O)cc1)C(C)C. The van der Waals surface area contributed by atoms with Crippen LogP contribution in [0.2, 0.25) is 0 Å². The lowest BCUT2D eigenvalue weighted by Crippen LogP contribution is -2.50. The highest BCUT2D eigenvalue weighted by Gasteiger charge is 2.23. The number of benzene rings is 1. The summed E-state index contributed by atoms with van der Waals surface area (Å²) >= 11 is 0. The molecule has 0 fully saturated rings. The summed E-state index contributed by atoms with van der Waals surface area (Å²) in [7, 11) is 0. The molecule has 1 atom stereocenters. The van der Waals surface area contributed by atoms with Gasteiger partial charge in [0.25, 0.3) is 6.47 Å². The fourth-order valence-corrected chi connectivity index (χ4v) is 2.05. The van der Waals surface area contributed by atoms with Crippen molar-refractivity contribution in [3.63, 3.8) is 0 Å². The van der Waals surface area contributed by atoms with Crippen LogP contribution in [-0.4, -0.2) is 36.8 Å². The summed E-state index contributed by atoms with van der Waals surface area (Å²) in [5, 5.41) is 7.70. The molecule has 0 bridgehead atoms. The zero-order chi connectivity index (χ0) is 18.8. The van der Waals surface area contributed by atoms with Crippen LogP contribution in [0.5, 0.6) is 0 Å². The molecule has 0 aliphatic carbocycles. The van der Waals surface area contributed by atoms with E-state index in [1.807, 2.05) is 0 Å². The maximum absolute atomic E-state index is 12.1. The molecule has 8 heteroatoms. The van der Waals surface area contributed by atoms with Crippen LogP contribution in [0.25, 0.3) is 0 Å². The maximum atomic E-state index is 12.1. The number of hydrogen-bond acceptors (Lipinski definition) is 5. The van der Waals surface area contributed by atoms with Crippen molar-refractivity contribution in [2.24, 2.45) is 5.92 Å². The molecule has 0 radical (unpaired) electrons. The minimum Gasteiger partial charge on any atom is -0.463 e. The van der Waals surface area contributed by atoms with Crippen molar-refractivity contribution >= 4 is 29.9 Å². The van der Waals surface area contributed by atoms with Gasteiger partial charge in [0.1, 0.15) is 12.6 Å². The number of carbonyl (C=O) groups excluding carboxylic acids is 4. The Bertz CT molecular complexity index is 613. The molecular formula is C17H23N3O5. The quantitative estimate of drug-likeness (QED) is 0.564. The molecule has 0 saturated heterocycles. The standard InChI is InChI=1S/C17H23N3O5/c1-11(2)16(19-12(3)22)17(24)18-8-15(23)20-14-6-4-13(5-7-14)9-25-10-21/h4-7,10-11,16H,8-9H2,1-3H3,(H,18,24)(H,19,22)(H,20,23). The topological polar surface area (TPSA) is 114 Å². The molecule has 0 heterocycles. The Morgan fingerprint density at radius 2 is 1.80 bits per heavy atom. The van der Waals surface area contributed by atoms with Gasteiger partial charge >= 0.3 is 0 Å². The lowest BCUT2D eigenvalue weighted by molar-refractivity contribution is -0.130. The average Bonchev–Trinajstić information content (AvgIpc) is 2.56. The molecule has 1 unspecified atom stereocenters. The maximum Gasteiger partial charge on any atom is 0.293 e. The molecule has 3 N–H and O–H groups in total. The van der Waals surface area contributed by atoms with E-state index in [1.165, 1.54) is 6.92 Å². The third kappa shape index (κ3) is 7.47. The number of amides is 3. The second kappa shape index (κ2) is 10.1. The first kappa shape index (κ1) is 20.1. The molecule has 25 heavy (non-hydrogen) atoms. The molecule has 0 saturated carbocycles. The zero-order valence-corrected chi connectivity index (χ0v) is 14.5. The van der Waals surface area contributed by atoms with Crippen molar-refractivity contribution in [1.82, 2.24) is 10.6 Å². The van der Waals surface area contributed by atoms with E-state index < -0.39 is 17.9 Å². The molecule has 0 spiro atoms. The van der Waals surface area contributed by atoms with E-state index in [-0.39, 0.29) is 25.0 Å². The summed E-state index contributed by atoms with van der Waals surface area (Å²) in [5.41, 5.74) is 1.34. The van der Waals surface area contributed by atoms with Gasteiger partial charge in [-0.05, 0) is 23.6 Å². The molecule has 1 aromatic carbocycles. The van der Waals surface area contributed by atoms with E-state index in [1.54, 1.807) is 38.1 Å². The van der Waals surface area contributed by atoms with Gasteiger partial charge in [-0.1, -0.05) is 26.0 Å². The van der Waals surface area contributed by atoms with Gasteiger partial charge in [-0.2, -0.15) is 0 Å². The van der Waals surface area contributed by atoms with Gasteiger partial charge in [0.15, 0.2) is 0 Å². The summed E-state index contributed by atoms with van der Waals surface area (Å²) in [4.78, 5) is 45.2. The number of carbonyl (C=O) groups is 4. The van der Waals surface area contributed by atoms with Crippen LogP contribution in [-0.2, 0) is 30.5 Å². The van der Waals surface area contributed by atoms with E-state index in [0.717, 1.165) is 5.56 Å². The van der Waals surface area contributed by atoms with Gasteiger partial charge in [-0.3, -0.25) is 19.2 Å². The highest BCUT2D eigenvalue weighted by atomic mass is 16.5. The normalized spacial score (nSPS) is 11.4. The largest absolute Gasteiger partial charge is 0.463 e. The molecule has 3 amide bonds. The van der Waals surface area contributed by atoms with Crippen molar-refractivity contribution in [2.75, 3.05) is 11.9 Å². The third-order valence-electron chi connectivity index (χ3n) is 3.29. The number of anilines is 1. The summed E-state index contributed by atoms with van der Waals surface area (Å²) in [6, 6.07) is 6.06. The Hall–Kier alpha value is -2.90. The number of nitrogens with one attached hydrogen (secondary N) is 3. The molecule has 0 aliphatic heterocycles. The number of rotatable bonds is 9. The summed E-state index contributed by atoms with van der Waals surface area (Å²) in [6.07, 6.45) is 0. The zero-order valence-electron chi connectivity index (χ0n) is 14.5. The minimum absolute atomic E-state index is 0.104. The Morgan fingerprint density at radius 3 is 2.32 bits per heavy atom. The van der Waals surface area contributed by atoms with Crippen molar-refractivity contribution in [1.29, 1.82) is 0 Å². The van der Waals surface area contributed by atoms with Gasteiger partial charge in [-0.15, -0.1) is 0 Å². The van der Waals surface area contributed by atoms with Crippen LogP contribution < -0.4 is 16.0 Å². The van der Waals surface area contributed by atoms with Crippen LogP contribution in [0.4, 0.5) is 5.69 Å². The molecule has 0 aliphatic rings. The Labute approximate surface area is 146 Å². The Morgan fingerprint density at radius 1 is 1.16 bits per heavy atom. The molecule has 0 aromatic heterocycles. The van der Waals surface area contributed by atoms with Gasteiger partial charge in [0, 0.05) is 12.6 Å². The second-order valence-electron chi connectivity index (χ2n) is 5.79. The van der Waals surface area contributed by atoms with Crippen molar-refractivity contribution < 1.29 is 23.9 Å². The van der Waals surface area contributed by atoms with Crippen LogP contribution in [0.15, 0.2) is 24.3 Å². The second-order valence-corrected chi connectivity index (χ2v) is 5.79. The molecule has 1 rings (SSSR count). The van der Waals surface area contributed by atoms with Gasteiger partial charge in [-0.25, -0.2) is 0 Å². The lowest BCUT2D eigenvalue weighted by atomic mass is 10.0. The number of ether oxygens (including phenoxy) is 1. The molecule has 136 valence electrons. The molecule has 1 aromatic rings. The van der Waals surface area contributed by atoms with Crippen LogP contribution >= 0.6 is 0 Å². The molecule has 8 nitrogen and oxygen atoms in total. The predicted octanol–water partition coefficient (Wildman–Crippen LogP) is 0.575. The fraction of sp³-hybridized carbons (Fsp3) is 0.412. The van der Waals surface area contributed by atoms with E-state index in [2.05, 4.69) is 20.7 Å². The smallest absolute Gasteiger partial charge is 0.293 e. The first-order valence-corrected chi connectivity index (χ1v) is 7.82. The van der Waals surface area contributed by atoms with Crippen molar-refractivity contribution in [2.45, 2.75) is 33.4 Å². The van der Waals surface area contributed by atoms with Crippen molar-refractivity contribution in [3.05, 3.63) is 29.8 Å². The van der Waals surface area contributed by atoms with E-state index in [9.17, 15) is 19.2 Å². The first-order chi connectivity index (χ1) is 11.8. The highest BCUT2D eigenvalue weighted by Crippen LogP contribution is 2.10. The van der Waals surface area contributed by atoms with Crippen LogP contribution in [0, 0.1) is 5.92 Å². The van der Waals surface area contributed by atoms with Gasteiger partial charge in [0.2, 0.25) is 17.7 Å². The van der Waals surface area contributed by atoms with E-state index in [0.29, 0.717) is 12.2 Å². The van der Waals surface area contributed by atoms with E-state index >= 15 is 0 Å². The summed E-state index contributed by atoms with van der Waals surface area (Å²) in [5.74, 6) is -1.22. The Kier molecular flexibility index (Phi) is 8.11. The first-order valence-electron chi connectivity index (χ1n) is 7.82. The predicted molar refractivity (Wildman–Crippen MR) is 91.4 cm³/mol. The third-order valence-corrected chi connectivity index (χ3v) is 3.29. The lowest BCUT2D eigenvalue weighted by Gasteiger charge is -2.20. The molecular weight excluding hydrogens is 326 g/mol. The number of hydrogen-bond donors (Lipinski definition) is 3. The van der Waals surface area contributed by atoms with Gasteiger partial charge in [0.05, 0.1) is 6.54 Å². The summed E-state index contributed by atoms with van der Waals surface area (Å²) in [6.45, 7) is 5.25. The van der Waals surface area contributed by atoms with Gasteiger partial charge < -0.3 is 20.7 Å².